The summed E-state index contributed by atoms with van der Waals surface area (Å²) in [6.07, 6.45) is 4.07. The second kappa shape index (κ2) is 6.85. The van der Waals surface area contributed by atoms with E-state index < -0.39 is 0 Å². The normalized spacial score (nSPS) is 14.7. The quantitative estimate of drug-likeness (QED) is 0.793. The van der Waals surface area contributed by atoms with Gasteiger partial charge in [0.2, 0.25) is 0 Å². The molecule has 116 valence electrons. The van der Waals surface area contributed by atoms with Crippen molar-refractivity contribution in [3.05, 3.63) is 17.7 Å². The lowest BCUT2D eigenvalue weighted by Gasteiger charge is -2.19. The minimum Gasteiger partial charge on any atom is -0.396 e. The highest BCUT2D eigenvalue weighted by Gasteiger charge is 2.27. The van der Waals surface area contributed by atoms with Crippen molar-refractivity contribution in [2.24, 2.45) is 0 Å². The highest BCUT2D eigenvalue weighted by molar-refractivity contribution is 5.96. The molecule has 0 aliphatic heterocycles. The lowest BCUT2D eigenvalue weighted by atomic mass is 10.2. The summed E-state index contributed by atoms with van der Waals surface area (Å²) in [5, 5.41) is 2.90. The Labute approximate surface area is 126 Å². The van der Waals surface area contributed by atoms with Crippen molar-refractivity contribution >= 4 is 11.6 Å². The monoisotopic (exact) mass is 291 g/mol. The molecule has 3 N–H and O–H groups in total. The third-order valence-corrected chi connectivity index (χ3v) is 3.72. The van der Waals surface area contributed by atoms with Gasteiger partial charge in [-0.3, -0.25) is 9.69 Å². The molecule has 1 aromatic rings. The van der Waals surface area contributed by atoms with Gasteiger partial charge in [-0.15, -0.1) is 0 Å². The van der Waals surface area contributed by atoms with Gasteiger partial charge in [0.15, 0.2) is 5.69 Å². The summed E-state index contributed by atoms with van der Waals surface area (Å²) < 4.78 is 0. The smallest absolute Gasteiger partial charge is 0.272 e. The summed E-state index contributed by atoms with van der Waals surface area (Å²) in [4.78, 5) is 23.0. The SMILES string of the molecule is CCN(CCNC(=O)c1nc(C(C)C)ncc1N)C1CC1. The van der Waals surface area contributed by atoms with Crippen molar-refractivity contribution < 1.29 is 4.79 Å². The Morgan fingerprint density at radius 1 is 1.52 bits per heavy atom. The molecule has 1 aromatic heterocycles. The molecule has 0 radical (unpaired) electrons. The first kappa shape index (κ1) is 15.7. The third kappa shape index (κ3) is 4.14. The molecular formula is C15H25N5O. The van der Waals surface area contributed by atoms with E-state index in [4.69, 9.17) is 5.73 Å². The lowest BCUT2D eigenvalue weighted by Crippen LogP contribution is -2.36. The molecule has 6 heteroatoms. The molecular weight excluding hydrogens is 266 g/mol. The maximum Gasteiger partial charge on any atom is 0.272 e. The average molecular weight is 291 g/mol. The second-order valence-corrected chi connectivity index (χ2v) is 5.80. The van der Waals surface area contributed by atoms with E-state index in [1.165, 1.54) is 19.0 Å². The van der Waals surface area contributed by atoms with Gasteiger partial charge in [0, 0.05) is 25.0 Å². The van der Waals surface area contributed by atoms with Crippen molar-refractivity contribution in [1.82, 2.24) is 20.2 Å². The number of nitrogens with one attached hydrogen (secondary N) is 1. The Hall–Kier alpha value is -1.69. The number of carbonyl (C=O) groups is 1. The van der Waals surface area contributed by atoms with E-state index in [2.05, 4.69) is 27.1 Å². The molecule has 0 spiro atoms. The number of nitrogen functional groups attached to an aromatic ring is 1. The summed E-state index contributed by atoms with van der Waals surface area (Å²) >= 11 is 0. The fourth-order valence-electron chi connectivity index (χ4n) is 2.30. The predicted molar refractivity (Wildman–Crippen MR) is 83.1 cm³/mol. The van der Waals surface area contributed by atoms with E-state index in [-0.39, 0.29) is 17.5 Å². The third-order valence-electron chi connectivity index (χ3n) is 3.72. The number of amides is 1. The van der Waals surface area contributed by atoms with Gasteiger partial charge in [0.05, 0.1) is 11.9 Å². The van der Waals surface area contributed by atoms with Crippen LogP contribution in [0.5, 0.6) is 0 Å². The predicted octanol–water partition coefficient (Wildman–Crippen LogP) is 1.40. The first-order valence-electron chi connectivity index (χ1n) is 7.67. The Balaban J connectivity index is 1.91. The molecule has 0 bridgehead atoms. The molecule has 0 unspecified atom stereocenters. The number of aromatic nitrogens is 2. The Bertz CT molecular complexity index is 499. The van der Waals surface area contributed by atoms with E-state index in [1.807, 2.05) is 13.8 Å². The van der Waals surface area contributed by atoms with Gasteiger partial charge in [-0.1, -0.05) is 20.8 Å². The summed E-state index contributed by atoms with van der Waals surface area (Å²) in [7, 11) is 0. The van der Waals surface area contributed by atoms with E-state index >= 15 is 0 Å². The van der Waals surface area contributed by atoms with E-state index in [1.54, 1.807) is 0 Å². The molecule has 1 fully saturated rings. The summed E-state index contributed by atoms with van der Waals surface area (Å²) in [5.74, 6) is 0.591. The van der Waals surface area contributed by atoms with Crippen LogP contribution in [0.1, 0.15) is 55.8 Å². The van der Waals surface area contributed by atoms with Gasteiger partial charge in [-0.05, 0) is 19.4 Å². The number of hydrogen-bond donors (Lipinski definition) is 2. The van der Waals surface area contributed by atoms with Gasteiger partial charge in [-0.25, -0.2) is 9.97 Å². The Morgan fingerprint density at radius 2 is 2.24 bits per heavy atom. The minimum absolute atomic E-state index is 0.169. The molecule has 0 atom stereocenters. The first-order chi connectivity index (χ1) is 10.0. The summed E-state index contributed by atoms with van der Waals surface area (Å²) in [5.41, 5.74) is 6.42. The van der Waals surface area contributed by atoms with E-state index in [0.29, 0.717) is 24.1 Å². The number of carbonyl (C=O) groups excluding carboxylic acids is 1. The van der Waals surface area contributed by atoms with Gasteiger partial charge in [-0.2, -0.15) is 0 Å². The van der Waals surface area contributed by atoms with Gasteiger partial charge < -0.3 is 11.1 Å². The van der Waals surface area contributed by atoms with Crippen LogP contribution < -0.4 is 11.1 Å². The van der Waals surface area contributed by atoms with E-state index in [0.717, 1.165) is 13.1 Å². The van der Waals surface area contributed by atoms with Crippen LogP contribution in [0.2, 0.25) is 0 Å². The first-order valence-corrected chi connectivity index (χ1v) is 7.67. The van der Waals surface area contributed by atoms with E-state index in [9.17, 15) is 4.79 Å². The fourth-order valence-corrected chi connectivity index (χ4v) is 2.30. The molecule has 0 saturated heterocycles. The Kier molecular flexibility index (Phi) is 5.12. The zero-order valence-corrected chi connectivity index (χ0v) is 13.1. The van der Waals surface area contributed by atoms with Crippen molar-refractivity contribution in [1.29, 1.82) is 0 Å². The zero-order valence-electron chi connectivity index (χ0n) is 13.1. The molecule has 1 aliphatic carbocycles. The van der Waals surface area contributed by atoms with Crippen LogP contribution in [-0.2, 0) is 0 Å². The number of nitrogens with zero attached hydrogens (tertiary/aromatic N) is 3. The summed E-state index contributed by atoms with van der Waals surface area (Å²) in [6, 6.07) is 0.712. The molecule has 21 heavy (non-hydrogen) atoms. The topological polar surface area (TPSA) is 84.1 Å². The van der Waals surface area contributed by atoms with Crippen molar-refractivity contribution in [2.45, 2.75) is 45.6 Å². The zero-order chi connectivity index (χ0) is 15.4. The van der Waals surface area contributed by atoms with Crippen LogP contribution in [0.3, 0.4) is 0 Å². The van der Waals surface area contributed by atoms with Crippen LogP contribution in [-0.4, -0.2) is 46.5 Å². The highest BCUT2D eigenvalue weighted by Crippen LogP contribution is 2.25. The molecule has 2 rings (SSSR count). The fraction of sp³-hybridized carbons (Fsp3) is 0.667. The van der Waals surface area contributed by atoms with Crippen LogP contribution in [0.25, 0.3) is 0 Å². The number of rotatable bonds is 7. The maximum absolute atomic E-state index is 12.2. The van der Waals surface area contributed by atoms with Gasteiger partial charge >= 0.3 is 0 Å². The lowest BCUT2D eigenvalue weighted by molar-refractivity contribution is 0.0943. The largest absolute Gasteiger partial charge is 0.396 e. The number of nitrogens with two attached hydrogens (primary N) is 1. The second-order valence-electron chi connectivity index (χ2n) is 5.80. The van der Waals surface area contributed by atoms with Crippen LogP contribution in [0.4, 0.5) is 5.69 Å². The molecule has 1 heterocycles. The molecule has 1 aliphatic rings. The standard InChI is InChI=1S/C15H25N5O/c1-4-20(11-5-6-11)8-7-17-15(21)13-12(16)9-18-14(19-13)10(2)3/h9-11H,4-8,16H2,1-3H3,(H,17,21). The van der Waals surface area contributed by atoms with Crippen LogP contribution >= 0.6 is 0 Å². The number of hydrogen-bond acceptors (Lipinski definition) is 5. The maximum atomic E-state index is 12.2. The number of likely N-dealkylation sites (N-methyl/N-ethyl adjacent to an activating group) is 1. The molecule has 1 amide bonds. The van der Waals surface area contributed by atoms with Crippen molar-refractivity contribution in [3.8, 4) is 0 Å². The minimum atomic E-state index is -0.219. The Morgan fingerprint density at radius 3 is 2.81 bits per heavy atom. The van der Waals surface area contributed by atoms with Crippen LogP contribution in [0, 0.1) is 0 Å². The molecule has 0 aromatic carbocycles. The number of anilines is 1. The van der Waals surface area contributed by atoms with Crippen molar-refractivity contribution in [3.63, 3.8) is 0 Å². The van der Waals surface area contributed by atoms with Gasteiger partial charge in [0.25, 0.3) is 5.91 Å². The highest BCUT2D eigenvalue weighted by atomic mass is 16.1. The molecule has 6 nitrogen and oxygen atoms in total. The van der Waals surface area contributed by atoms with Gasteiger partial charge in [0.1, 0.15) is 5.82 Å². The average Bonchev–Trinajstić information content (AvgIpc) is 3.28. The van der Waals surface area contributed by atoms with Crippen molar-refractivity contribution in [2.75, 3.05) is 25.4 Å². The summed E-state index contributed by atoms with van der Waals surface area (Å²) in [6.45, 7) is 8.63. The molecule has 1 saturated carbocycles. The van der Waals surface area contributed by atoms with Crippen LogP contribution in [0.15, 0.2) is 6.20 Å².